The lowest BCUT2D eigenvalue weighted by molar-refractivity contribution is -0.127. The van der Waals surface area contributed by atoms with E-state index in [-0.39, 0.29) is 5.91 Å². The Labute approximate surface area is 139 Å². The SMILES string of the molecule is COc1ccc(OC)c(-c2csc(CCN3CCCC3=O)n2)c1. The van der Waals surface area contributed by atoms with Crippen molar-refractivity contribution in [2.24, 2.45) is 0 Å². The lowest BCUT2D eigenvalue weighted by atomic mass is 10.1. The molecule has 3 rings (SSSR count). The van der Waals surface area contributed by atoms with Crippen molar-refractivity contribution < 1.29 is 14.3 Å². The van der Waals surface area contributed by atoms with Gasteiger partial charge in [-0.15, -0.1) is 11.3 Å². The fourth-order valence-electron chi connectivity index (χ4n) is 2.73. The molecule has 2 heterocycles. The van der Waals surface area contributed by atoms with Crippen molar-refractivity contribution in [3.63, 3.8) is 0 Å². The molecular formula is C17H20N2O3S. The van der Waals surface area contributed by atoms with E-state index in [1.807, 2.05) is 28.5 Å². The standard InChI is InChI=1S/C17H20N2O3S/c1-21-12-5-6-15(22-2)13(10-12)14-11-23-16(18-14)7-9-19-8-3-4-17(19)20/h5-6,10-11H,3-4,7-9H2,1-2H3. The van der Waals surface area contributed by atoms with Crippen LogP contribution in [0.3, 0.4) is 0 Å². The summed E-state index contributed by atoms with van der Waals surface area (Å²) >= 11 is 1.62. The minimum Gasteiger partial charge on any atom is -0.497 e. The molecule has 0 unspecified atom stereocenters. The fraction of sp³-hybridized carbons (Fsp3) is 0.412. The van der Waals surface area contributed by atoms with E-state index >= 15 is 0 Å². The highest BCUT2D eigenvalue weighted by molar-refractivity contribution is 7.09. The second-order valence-electron chi connectivity index (χ2n) is 5.43. The topological polar surface area (TPSA) is 51.7 Å². The number of methoxy groups -OCH3 is 2. The average Bonchev–Trinajstić information content (AvgIpc) is 3.21. The Balaban J connectivity index is 1.75. The molecule has 2 aromatic rings. The van der Waals surface area contributed by atoms with E-state index in [0.29, 0.717) is 6.42 Å². The maximum atomic E-state index is 11.7. The van der Waals surface area contributed by atoms with Gasteiger partial charge in [-0.25, -0.2) is 4.98 Å². The number of ether oxygens (including phenoxy) is 2. The molecule has 0 aliphatic carbocycles. The summed E-state index contributed by atoms with van der Waals surface area (Å²) < 4.78 is 10.7. The van der Waals surface area contributed by atoms with Crippen LogP contribution >= 0.6 is 11.3 Å². The first-order valence-corrected chi connectivity index (χ1v) is 8.54. The minimum absolute atomic E-state index is 0.260. The van der Waals surface area contributed by atoms with E-state index in [0.717, 1.165) is 53.7 Å². The van der Waals surface area contributed by atoms with Crippen molar-refractivity contribution in [3.8, 4) is 22.8 Å². The van der Waals surface area contributed by atoms with E-state index in [2.05, 4.69) is 0 Å². The van der Waals surface area contributed by atoms with Crippen molar-refractivity contribution in [2.45, 2.75) is 19.3 Å². The first-order chi connectivity index (χ1) is 11.2. The average molecular weight is 332 g/mol. The summed E-state index contributed by atoms with van der Waals surface area (Å²) in [6.07, 6.45) is 2.45. The minimum atomic E-state index is 0.260. The van der Waals surface area contributed by atoms with Gasteiger partial charge < -0.3 is 14.4 Å². The number of benzene rings is 1. The van der Waals surface area contributed by atoms with Crippen LogP contribution in [0.1, 0.15) is 17.8 Å². The van der Waals surface area contributed by atoms with Gasteiger partial charge in [0.2, 0.25) is 5.91 Å². The number of aromatic nitrogens is 1. The summed E-state index contributed by atoms with van der Waals surface area (Å²) in [5.74, 6) is 1.81. The molecule has 5 nitrogen and oxygen atoms in total. The summed E-state index contributed by atoms with van der Waals surface area (Å²) in [4.78, 5) is 18.3. The van der Waals surface area contributed by atoms with Crippen LogP contribution in [0, 0.1) is 0 Å². The largest absolute Gasteiger partial charge is 0.497 e. The van der Waals surface area contributed by atoms with Gasteiger partial charge in [0.1, 0.15) is 11.5 Å². The van der Waals surface area contributed by atoms with Gasteiger partial charge in [0.05, 0.1) is 24.9 Å². The molecule has 1 aliphatic heterocycles. The van der Waals surface area contributed by atoms with E-state index in [4.69, 9.17) is 14.5 Å². The third-order valence-corrected chi connectivity index (χ3v) is 4.91. The Morgan fingerprint density at radius 2 is 2.17 bits per heavy atom. The molecule has 0 bridgehead atoms. The molecule has 0 radical (unpaired) electrons. The number of likely N-dealkylation sites (tertiary alicyclic amines) is 1. The zero-order valence-corrected chi connectivity index (χ0v) is 14.2. The molecule has 0 saturated carbocycles. The van der Waals surface area contributed by atoms with Crippen molar-refractivity contribution in [3.05, 3.63) is 28.6 Å². The third-order valence-electron chi connectivity index (χ3n) is 4.00. The van der Waals surface area contributed by atoms with Crippen LogP contribution in [-0.2, 0) is 11.2 Å². The van der Waals surface area contributed by atoms with E-state index in [9.17, 15) is 4.79 Å². The van der Waals surface area contributed by atoms with Crippen LogP contribution in [-0.4, -0.2) is 43.1 Å². The molecule has 0 spiro atoms. The molecule has 0 atom stereocenters. The van der Waals surface area contributed by atoms with Crippen molar-refractivity contribution >= 4 is 17.2 Å². The second kappa shape index (κ2) is 7.00. The maximum Gasteiger partial charge on any atom is 0.222 e. The van der Waals surface area contributed by atoms with E-state index < -0.39 is 0 Å². The van der Waals surface area contributed by atoms with Crippen LogP contribution in [0.2, 0.25) is 0 Å². The lowest BCUT2D eigenvalue weighted by Gasteiger charge is -2.13. The van der Waals surface area contributed by atoms with Crippen LogP contribution in [0.25, 0.3) is 11.3 Å². The normalized spacial score (nSPS) is 14.3. The number of amides is 1. The molecule has 1 aliphatic rings. The van der Waals surface area contributed by atoms with E-state index in [1.165, 1.54) is 0 Å². The predicted octanol–water partition coefficient (Wildman–Crippen LogP) is 2.99. The van der Waals surface area contributed by atoms with Crippen LogP contribution < -0.4 is 9.47 Å². The lowest BCUT2D eigenvalue weighted by Crippen LogP contribution is -2.26. The number of hydrogen-bond acceptors (Lipinski definition) is 5. The van der Waals surface area contributed by atoms with Gasteiger partial charge in [-0.2, -0.15) is 0 Å². The Morgan fingerprint density at radius 3 is 2.87 bits per heavy atom. The van der Waals surface area contributed by atoms with Gasteiger partial charge in [0.25, 0.3) is 0 Å². The number of thiazole rings is 1. The Kier molecular flexibility index (Phi) is 4.81. The molecule has 122 valence electrons. The zero-order chi connectivity index (χ0) is 16.2. The first kappa shape index (κ1) is 15.8. The molecule has 1 aromatic carbocycles. The number of carbonyl (C=O) groups is 1. The Bertz CT molecular complexity index is 699. The van der Waals surface area contributed by atoms with Gasteiger partial charge in [-0.1, -0.05) is 0 Å². The summed E-state index contributed by atoms with van der Waals surface area (Å²) in [5.41, 5.74) is 1.81. The Morgan fingerprint density at radius 1 is 1.30 bits per heavy atom. The summed E-state index contributed by atoms with van der Waals surface area (Å²) in [6, 6.07) is 5.69. The van der Waals surface area contributed by atoms with Gasteiger partial charge in [-0.3, -0.25) is 4.79 Å². The van der Waals surface area contributed by atoms with Crippen LogP contribution in [0.15, 0.2) is 23.6 Å². The number of hydrogen-bond donors (Lipinski definition) is 0. The highest BCUT2D eigenvalue weighted by atomic mass is 32.1. The van der Waals surface area contributed by atoms with Gasteiger partial charge >= 0.3 is 0 Å². The van der Waals surface area contributed by atoms with E-state index in [1.54, 1.807) is 25.6 Å². The highest BCUT2D eigenvalue weighted by Crippen LogP contribution is 2.34. The number of carbonyl (C=O) groups excluding carboxylic acids is 1. The first-order valence-electron chi connectivity index (χ1n) is 7.66. The Hall–Kier alpha value is -2.08. The van der Waals surface area contributed by atoms with Crippen molar-refractivity contribution in [2.75, 3.05) is 27.3 Å². The molecule has 0 N–H and O–H groups in total. The summed E-state index contributed by atoms with van der Waals surface area (Å²) in [7, 11) is 3.29. The van der Waals surface area contributed by atoms with Gasteiger partial charge in [0, 0.05) is 36.9 Å². The van der Waals surface area contributed by atoms with Crippen molar-refractivity contribution in [1.29, 1.82) is 0 Å². The number of rotatable bonds is 6. The van der Waals surface area contributed by atoms with Crippen molar-refractivity contribution in [1.82, 2.24) is 9.88 Å². The van der Waals surface area contributed by atoms with Crippen LogP contribution in [0.5, 0.6) is 11.5 Å². The summed E-state index contributed by atoms with van der Waals surface area (Å²) in [5, 5.41) is 3.06. The molecule has 6 heteroatoms. The smallest absolute Gasteiger partial charge is 0.222 e. The monoisotopic (exact) mass is 332 g/mol. The molecule has 1 aromatic heterocycles. The second-order valence-corrected chi connectivity index (χ2v) is 6.37. The van der Waals surface area contributed by atoms with Gasteiger partial charge in [0.15, 0.2) is 0 Å². The zero-order valence-electron chi connectivity index (χ0n) is 13.4. The molecule has 1 fully saturated rings. The summed E-state index contributed by atoms with van der Waals surface area (Å²) in [6.45, 7) is 1.63. The maximum absolute atomic E-state index is 11.7. The molecular weight excluding hydrogens is 312 g/mol. The highest BCUT2D eigenvalue weighted by Gasteiger charge is 2.20. The number of nitrogens with zero attached hydrogens (tertiary/aromatic N) is 2. The van der Waals surface area contributed by atoms with Gasteiger partial charge in [-0.05, 0) is 24.6 Å². The fourth-order valence-corrected chi connectivity index (χ4v) is 3.52. The third kappa shape index (κ3) is 3.47. The molecule has 1 amide bonds. The van der Waals surface area contributed by atoms with Crippen LogP contribution in [0.4, 0.5) is 0 Å². The molecule has 23 heavy (non-hydrogen) atoms. The molecule has 1 saturated heterocycles. The quantitative estimate of drug-likeness (QED) is 0.816. The predicted molar refractivity (Wildman–Crippen MR) is 90.2 cm³/mol.